The molecule has 0 saturated carbocycles. The van der Waals surface area contributed by atoms with Gasteiger partial charge in [0, 0.05) is 19.0 Å². The molecule has 7 heteroatoms. The first kappa shape index (κ1) is 22.0. The van der Waals surface area contributed by atoms with Crippen LogP contribution in [0.4, 0.5) is 0 Å². The summed E-state index contributed by atoms with van der Waals surface area (Å²) in [5.74, 6) is -2.17. The number of aromatic nitrogens is 2. The van der Waals surface area contributed by atoms with Gasteiger partial charge in [-0.1, -0.05) is 54.6 Å². The molecule has 4 rings (SSSR count). The highest BCUT2D eigenvalue weighted by Gasteiger charge is 2.22. The Hall–Kier alpha value is -4.26. The molecule has 0 radical (unpaired) electrons. The zero-order valence-corrected chi connectivity index (χ0v) is 18.0. The van der Waals surface area contributed by atoms with Crippen molar-refractivity contribution in [2.75, 3.05) is 0 Å². The third-order valence-electron chi connectivity index (χ3n) is 5.73. The molecule has 1 atom stereocenters. The first-order chi connectivity index (χ1) is 15.9. The van der Waals surface area contributed by atoms with Gasteiger partial charge in [0.2, 0.25) is 0 Å². The minimum atomic E-state index is -1.05. The van der Waals surface area contributed by atoms with Crippen molar-refractivity contribution in [2.24, 2.45) is 13.0 Å². The van der Waals surface area contributed by atoms with Gasteiger partial charge in [-0.25, -0.2) is 9.36 Å². The average molecular weight is 442 g/mol. The molecule has 0 aliphatic carbocycles. The number of benzene rings is 3. The summed E-state index contributed by atoms with van der Waals surface area (Å²) < 4.78 is 2.51. The van der Waals surface area contributed by atoms with Crippen molar-refractivity contribution >= 4 is 22.7 Å². The van der Waals surface area contributed by atoms with Crippen LogP contribution in [0, 0.1) is 5.92 Å². The molecule has 7 nitrogen and oxygen atoms in total. The van der Waals surface area contributed by atoms with Gasteiger partial charge in [0.1, 0.15) is 0 Å². The van der Waals surface area contributed by atoms with Crippen LogP contribution in [0.2, 0.25) is 0 Å². The largest absolute Gasteiger partial charge is 0.481 e. The molecule has 33 heavy (non-hydrogen) atoms. The second kappa shape index (κ2) is 9.08. The highest BCUT2D eigenvalue weighted by molar-refractivity contribution is 5.98. The Morgan fingerprint density at radius 2 is 1.52 bits per heavy atom. The molecule has 0 amide bonds. The van der Waals surface area contributed by atoms with Crippen LogP contribution in [-0.2, 0) is 18.3 Å². The number of ketones is 1. The third-order valence-corrected chi connectivity index (χ3v) is 5.73. The number of carboxylic acids is 1. The zero-order chi connectivity index (χ0) is 23.5. The number of para-hydroxylation sites is 1. The van der Waals surface area contributed by atoms with E-state index < -0.39 is 23.1 Å². The Balaban J connectivity index is 1.61. The van der Waals surface area contributed by atoms with E-state index in [1.54, 1.807) is 85.9 Å². The van der Waals surface area contributed by atoms with E-state index in [0.29, 0.717) is 27.7 Å². The van der Waals surface area contributed by atoms with Crippen LogP contribution in [0.1, 0.15) is 22.3 Å². The second-order valence-electron chi connectivity index (χ2n) is 7.90. The number of carbonyl (C=O) groups is 2. The topological polar surface area (TPSA) is 98.4 Å². The fourth-order valence-electron chi connectivity index (χ4n) is 3.91. The number of fused-ring (bicyclic) bond motifs is 1. The van der Waals surface area contributed by atoms with Crippen molar-refractivity contribution in [1.29, 1.82) is 0 Å². The molecule has 0 aliphatic heterocycles. The van der Waals surface area contributed by atoms with Crippen molar-refractivity contribution < 1.29 is 14.7 Å². The summed E-state index contributed by atoms with van der Waals surface area (Å²) >= 11 is 0. The second-order valence-corrected chi connectivity index (χ2v) is 7.90. The van der Waals surface area contributed by atoms with Gasteiger partial charge in [-0.2, -0.15) is 0 Å². The van der Waals surface area contributed by atoms with E-state index in [-0.39, 0.29) is 18.6 Å². The lowest BCUT2D eigenvalue weighted by molar-refractivity contribution is -0.141. The maximum absolute atomic E-state index is 12.9. The Morgan fingerprint density at radius 3 is 2.18 bits per heavy atom. The maximum Gasteiger partial charge on any atom is 0.335 e. The quantitative estimate of drug-likeness (QED) is 0.443. The van der Waals surface area contributed by atoms with E-state index in [2.05, 4.69) is 0 Å². The first-order valence-corrected chi connectivity index (χ1v) is 10.5. The van der Waals surface area contributed by atoms with Gasteiger partial charge in [-0.3, -0.25) is 19.0 Å². The lowest BCUT2D eigenvalue weighted by Gasteiger charge is -2.13. The smallest absolute Gasteiger partial charge is 0.335 e. The van der Waals surface area contributed by atoms with Gasteiger partial charge < -0.3 is 5.11 Å². The molecule has 4 aromatic rings. The van der Waals surface area contributed by atoms with Gasteiger partial charge in [0.25, 0.3) is 5.56 Å². The summed E-state index contributed by atoms with van der Waals surface area (Å²) in [7, 11) is 1.61. The van der Waals surface area contributed by atoms with Crippen LogP contribution >= 0.6 is 0 Å². The van der Waals surface area contributed by atoms with Crippen molar-refractivity contribution in [1.82, 2.24) is 9.13 Å². The van der Waals surface area contributed by atoms with E-state index in [0.717, 1.165) is 4.57 Å². The van der Waals surface area contributed by atoms with E-state index in [1.807, 2.05) is 0 Å². The fourth-order valence-corrected chi connectivity index (χ4v) is 3.91. The molecule has 0 bridgehead atoms. The van der Waals surface area contributed by atoms with Crippen LogP contribution < -0.4 is 11.2 Å². The maximum atomic E-state index is 12.9. The summed E-state index contributed by atoms with van der Waals surface area (Å²) in [6, 6.07) is 22.1. The van der Waals surface area contributed by atoms with Gasteiger partial charge >= 0.3 is 11.7 Å². The summed E-state index contributed by atoms with van der Waals surface area (Å²) in [4.78, 5) is 50.0. The number of nitrogens with zero attached hydrogens (tertiary/aromatic N) is 2. The Morgan fingerprint density at radius 1 is 0.879 bits per heavy atom. The van der Waals surface area contributed by atoms with Crippen LogP contribution in [0.3, 0.4) is 0 Å². The number of aryl methyl sites for hydroxylation is 1. The number of hydrogen-bond acceptors (Lipinski definition) is 4. The standard InChI is InChI=1S/C26H22N2O5/c1-27-22-10-6-5-9-21(22)24(30)28(26(27)33)20-13-11-17(12-14-20)15-19(25(31)32)16-23(29)18-7-3-2-4-8-18/h2-14,19H,15-16H2,1H3,(H,31,32). The zero-order valence-electron chi connectivity index (χ0n) is 18.0. The summed E-state index contributed by atoms with van der Waals surface area (Å²) in [6.07, 6.45) is 0.0323. The Labute approximate surface area is 189 Å². The minimum absolute atomic E-state index is 0.119. The molecule has 0 aliphatic rings. The van der Waals surface area contributed by atoms with Crippen LogP contribution in [0.5, 0.6) is 0 Å². The Bertz CT molecular complexity index is 1450. The summed E-state index contributed by atoms with van der Waals surface area (Å²) in [5, 5.41) is 10.1. The number of carboxylic acid groups (broad SMARTS) is 1. The van der Waals surface area contributed by atoms with Crippen LogP contribution in [-0.4, -0.2) is 26.0 Å². The van der Waals surface area contributed by atoms with Crippen molar-refractivity contribution in [3.63, 3.8) is 0 Å². The van der Waals surface area contributed by atoms with Crippen LogP contribution in [0.15, 0.2) is 88.5 Å². The molecule has 3 aromatic carbocycles. The van der Waals surface area contributed by atoms with Gasteiger partial charge in [0.05, 0.1) is 22.5 Å². The lowest BCUT2D eigenvalue weighted by atomic mass is 9.92. The van der Waals surface area contributed by atoms with E-state index >= 15 is 0 Å². The predicted octanol–water partition coefficient (Wildman–Crippen LogP) is 3.21. The Kier molecular flexibility index (Phi) is 6.04. The van der Waals surface area contributed by atoms with Crippen molar-refractivity contribution in [2.45, 2.75) is 12.8 Å². The average Bonchev–Trinajstić information content (AvgIpc) is 2.83. The highest BCUT2D eigenvalue weighted by atomic mass is 16.4. The molecule has 1 aromatic heterocycles. The molecule has 0 fully saturated rings. The molecule has 0 saturated heterocycles. The SMILES string of the molecule is Cn1c(=O)n(-c2ccc(CC(CC(=O)c3ccccc3)C(=O)O)cc2)c(=O)c2ccccc21. The van der Waals surface area contributed by atoms with E-state index in [9.17, 15) is 24.3 Å². The number of hydrogen-bond donors (Lipinski definition) is 1. The minimum Gasteiger partial charge on any atom is -0.481 e. The monoisotopic (exact) mass is 442 g/mol. The highest BCUT2D eigenvalue weighted by Crippen LogP contribution is 2.18. The molecule has 166 valence electrons. The van der Waals surface area contributed by atoms with E-state index in [4.69, 9.17) is 0 Å². The fraction of sp³-hybridized carbons (Fsp3) is 0.154. The molecule has 1 N–H and O–H groups in total. The molecule has 1 heterocycles. The predicted molar refractivity (Wildman–Crippen MR) is 125 cm³/mol. The van der Waals surface area contributed by atoms with Crippen molar-refractivity contribution in [3.8, 4) is 5.69 Å². The molecule has 1 unspecified atom stereocenters. The lowest BCUT2D eigenvalue weighted by Crippen LogP contribution is -2.37. The molecular formula is C26H22N2O5. The number of carbonyl (C=O) groups excluding carboxylic acids is 1. The molecular weight excluding hydrogens is 420 g/mol. The first-order valence-electron chi connectivity index (χ1n) is 10.5. The van der Waals surface area contributed by atoms with Gasteiger partial charge in [-0.15, -0.1) is 0 Å². The third kappa shape index (κ3) is 4.39. The number of rotatable bonds is 7. The van der Waals surface area contributed by atoms with Gasteiger partial charge in [-0.05, 0) is 36.2 Å². The van der Waals surface area contributed by atoms with Gasteiger partial charge in [0.15, 0.2) is 5.78 Å². The summed E-state index contributed by atoms with van der Waals surface area (Å²) in [5.41, 5.74) is 1.22. The van der Waals surface area contributed by atoms with E-state index in [1.165, 1.54) is 4.57 Å². The molecule has 0 spiro atoms. The van der Waals surface area contributed by atoms with Crippen LogP contribution in [0.25, 0.3) is 16.6 Å². The number of Topliss-reactive ketones (excluding diaryl/α,β-unsaturated/α-hetero) is 1. The number of aliphatic carboxylic acids is 1. The van der Waals surface area contributed by atoms with Crippen molar-refractivity contribution in [3.05, 3.63) is 111 Å². The normalized spacial score (nSPS) is 11.9. The summed E-state index contributed by atoms with van der Waals surface area (Å²) in [6.45, 7) is 0.